The fraction of sp³-hybridized carbons (Fsp3) is 0.714. The van der Waals surface area contributed by atoms with Gasteiger partial charge in [-0.2, -0.15) is 5.10 Å². The van der Waals surface area contributed by atoms with Gasteiger partial charge < -0.3 is 10.2 Å². The first-order chi connectivity index (χ1) is 8.80. The summed E-state index contributed by atoms with van der Waals surface area (Å²) in [6.07, 6.45) is 1.02. The number of hydrogen-bond donors (Lipinski definition) is 1. The van der Waals surface area contributed by atoms with Gasteiger partial charge in [0.15, 0.2) is 5.69 Å². The lowest BCUT2D eigenvalue weighted by molar-refractivity contribution is 0.0736. The Morgan fingerprint density at radius 2 is 2.21 bits per heavy atom. The highest BCUT2D eigenvalue weighted by Gasteiger charge is 2.27. The average molecular weight is 264 g/mol. The Morgan fingerprint density at radius 3 is 2.68 bits per heavy atom. The number of rotatable bonds is 2. The van der Waals surface area contributed by atoms with Gasteiger partial charge in [0.2, 0.25) is 0 Å². The minimum Gasteiger partial charge on any atom is -0.336 e. The smallest absolute Gasteiger partial charge is 0.274 e. The van der Waals surface area contributed by atoms with E-state index >= 15 is 0 Å². The van der Waals surface area contributed by atoms with Crippen LogP contribution in [0.3, 0.4) is 0 Å². The van der Waals surface area contributed by atoms with Crippen molar-refractivity contribution in [3.8, 4) is 0 Å². The summed E-state index contributed by atoms with van der Waals surface area (Å²) in [5.41, 5.74) is 1.46. The minimum absolute atomic E-state index is 0.0137. The van der Waals surface area contributed by atoms with Gasteiger partial charge in [0.1, 0.15) is 0 Å². The molecule has 0 radical (unpaired) electrons. The van der Waals surface area contributed by atoms with Gasteiger partial charge in [-0.15, -0.1) is 0 Å². The van der Waals surface area contributed by atoms with Crippen LogP contribution in [0.5, 0.6) is 0 Å². The fourth-order valence-corrected chi connectivity index (χ4v) is 2.57. The molecule has 1 aliphatic rings. The van der Waals surface area contributed by atoms with Gasteiger partial charge in [-0.05, 0) is 46.7 Å². The average Bonchev–Trinajstić information content (AvgIpc) is 2.94. The third-order valence-corrected chi connectivity index (χ3v) is 3.64. The van der Waals surface area contributed by atoms with Crippen molar-refractivity contribution in [2.45, 2.75) is 45.7 Å². The number of carbonyl (C=O) groups excluding carboxylic acids is 1. The standard InChI is InChI=1S/C14H24N4O/c1-10-8-12(16-18(10)14(2,3)4)13(19)17(5)11-6-7-15-9-11/h8,11,15H,6-7,9H2,1-5H3/t11-/m1/s1. The van der Waals surface area contributed by atoms with E-state index in [1.54, 1.807) is 0 Å². The van der Waals surface area contributed by atoms with Crippen molar-refractivity contribution in [1.82, 2.24) is 20.0 Å². The van der Waals surface area contributed by atoms with Gasteiger partial charge in [0.25, 0.3) is 5.91 Å². The van der Waals surface area contributed by atoms with Crippen LogP contribution in [0.15, 0.2) is 6.07 Å². The molecule has 0 aliphatic carbocycles. The number of hydrogen-bond acceptors (Lipinski definition) is 3. The number of aromatic nitrogens is 2. The Morgan fingerprint density at radius 1 is 1.53 bits per heavy atom. The number of carbonyl (C=O) groups is 1. The Balaban J connectivity index is 2.20. The molecule has 2 heterocycles. The summed E-state index contributed by atoms with van der Waals surface area (Å²) in [6.45, 7) is 10.1. The van der Waals surface area contributed by atoms with Crippen LogP contribution in [-0.4, -0.2) is 46.8 Å². The van der Waals surface area contributed by atoms with Gasteiger partial charge in [-0.25, -0.2) is 0 Å². The van der Waals surface area contributed by atoms with Crippen LogP contribution in [-0.2, 0) is 5.54 Å². The third kappa shape index (κ3) is 2.81. The predicted octanol–water partition coefficient (Wildman–Crippen LogP) is 1.38. The molecule has 1 aromatic heterocycles. The van der Waals surface area contributed by atoms with Crippen LogP contribution in [0, 0.1) is 6.92 Å². The van der Waals surface area contributed by atoms with Crippen molar-refractivity contribution in [2.24, 2.45) is 0 Å². The molecule has 1 atom stereocenters. The Hall–Kier alpha value is -1.36. The number of likely N-dealkylation sites (N-methyl/N-ethyl adjacent to an activating group) is 1. The van der Waals surface area contributed by atoms with Crippen LogP contribution >= 0.6 is 0 Å². The predicted molar refractivity (Wildman–Crippen MR) is 75.3 cm³/mol. The van der Waals surface area contributed by atoms with E-state index in [-0.39, 0.29) is 17.5 Å². The molecule has 0 spiro atoms. The van der Waals surface area contributed by atoms with Crippen LogP contribution < -0.4 is 5.32 Å². The van der Waals surface area contributed by atoms with Crippen molar-refractivity contribution >= 4 is 5.91 Å². The zero-order valence-electron chi connectivity index (χ0n) is 12.5. The maximum atomic E-state index is 12.4. The Labute approximate surface area is 115 Å². The molecule has 1 aliphatic heterocycles. The van der Waals surface area contributed by atoms with Gasteiger partial charge in [-0.1, -0.05) is 0 Å². The van der Waals surface area contributed by atoms with Crippen LogP contribution in [0.4, 0.5) is 0 Å². The largest absolute Gasteiger partial charge is 0.336 e. The molecule has 0 aromatic carbocycles. The monoisotopic (exact) mass is 264 g/mol. The fourth-order valence-electron chi connectivity index (χ4n) is 2.57. The summed E-state index contributed by atoms with van der Waals surface area (Å²) in [7, 11) is 1.87. The summed E-state index contributed by atoms with van der Waals surface area (Å²) in [6, 6.07) is 2.17. The molecule has 5 heteroatoms. The van der Waals surface area contributed by atoms with E-state index in [9.17, 15) is 4.79 Å². The molecule has 106 valence electrons. The van der Waals surface area contributed by atoms with Gasteiger partial charge in [0, 0.05) is 25.3 Å². The maximum absolute atomic E-state index is 12.4. The maximum Gasteiger partial charge on any atom is 0.274 e. The lowest BCUT2D eigenvalue weighted by atomic mass is 10.1. The van der Waals surface area contributed by atoms with E-state index in [4.69, 9.17) is 0 Å². The summed E-state index contributed by atoms with van der Waals surface area (Å²) >= 11 is 0. The molecule has 2 rings (SSSR count). The van der Waals surface area contributed by atoms with E-state index in [2.05, 4.69) is 31.2 Å². The number of nitrogens with one attached hydrogen (secondary N) is 1. The molecular formula is C14H24N4O. The molecule has 5 nitrogen and oxygen atoms in total. The van der Waals surface area contributed by atoms with Gasteiger partial charge in [0.05, 0.1) is 5.54 Å². The first kappa shape index (κ1) is 14.1. The SMILES string of the molecule is Cc1cc(C(=O)N(C)[C@@H]2CCNC2)nn1C(C)(C)C. The van der Waals surface area contributed by atoms with E-state index in [0.29, 0.717) is 5.69 Å². The van der Waals surface area contributed by atoms with Gasteiger partial charge in [-0.3, -0.25) is 9.48 Å². The topological polar surface area (TPSA) is 50.2 Å². The first-order valence-corrected chi connectivity index (χ1v) is 6.85. The molecule has 1 fully saturated rings. The second kappa shape index (κ2) is 4.96. The van der Waals surface area contributed by atoms with Crippen molar-refractivity contribution < 1.29 is 4.79 Å². The highest BCUT2D eigenvalue weighted by Crippen LogP contribution is 2.18. The second-order valence-corrected chi connectivity index (χ2v) is 6.32. The molecule has 19 heavy (non-hydrogen) atoms. The number of aryl methyl sites for hydroxylation is 1. The number of nitrogens with zero attached hydrogens (tertiary/aromatic N) is 3. The Bertz CT molecular complexity index is 466. The van der Waals surface area contributed by atoms with Crippen LogP contribution in [0.2, 0.25) is 0 Å². The van der Waals surface area contributed by atoms with Gasteiger partial charge >= 0.3 is 0 Å². The summed E-state index contributed by atoms with van der Waals surface area (Å²) in [4.78, 5) is 14.3. The van der Waals surface area contributed by atoms with Crippen molar-refractivity contribution in [3.05, 3.63) is 17.5 Å². The van der Waals surface area contributed by atoms with Crippen molar-refractivity contribution in [1.29, 1.82) is 0 Å². The van der Waals surface area contributed by atoms with E-state index in [0.717, 1.165) is 25.2 Å². The molecular weight excluding hydrogens is 240 g/mol. The molecule has 0 saturated carbocycles. The molecule has 1 N–H and O–H groups in total. The summed E-state index contributed by atoms with van der Waals surface area (Å²) < 4.78 is 1.92. The summed E-state index contributed by atoms with van der Waals surface area (Å²) in [5, 5.41) is 7.76. The number of amides is 1. The van der Waals surface area contributed by atoms with Crippen molar-refractivity contribution in [3.63, 3.8) is 0 Å². The first-order valence-electron chi connectivity index (χ1n) is 6.85. The molecule has 0 bridgehead atoms. The summed E-state index contributed by atoms with van der Waals surface area (Å²) in [5.74, 6) is 0.0137. The lowest BCUT2D eigenvalue weighted by Crippen LogP contribution is -2.38. The zero-order valence-corrected chi connectivity index (χ0v) is 12.5. The molecule has 1 amide bonds. The molecule has 1 saturated heterocycles. The van der Waals surface area contributed by atoms with Crippen LogP contribution in [0.25, 0.3) is 0 Å². The second-order valence-electron chi connectivity index (χ2n) is 6.32. The van der Waals surface area contributed by atoms with Crippen molar-refractivity contribution in [2.75, 3.05) is 20.1 Å². The minimum atomic E-state index is -0.101. The normalized spacial score (nSPS) is 19.7. The van der Waals surface area contributed by atoms with Crippen LogP contribution in [0.1, 0.15) is 43.4 Å². The molecule has 0 unspecified atom stereocenters. The zero-order chi connectivity index (χ0) is 14.2. The highest BCUT2D eigenvalue weighted by molar-refractivity contribution is 5.92. The molecule has 1 aromatic rings. The lowest BCUT2D eigenvalue weighted by Gasteiger charge is -2.23. The van der Waals surface area contributed by atoms with E-state index in [1.165, 1.54) is 0 Å². The van der Waals surface area contributed by atoms with E-state index in [1.807, 2.05) is 29.6 Å². The third-order valence-electron chi connectivity index (χ3n) is 3.64. The quantitative estimate of drug-likeness (QED) is 0.878. The highest BCUT2D eigenvalue weighted by atomic mass is 16.2. The Kier molecular flexibility index (Phi) is 3.67. The van der Waals surface area contributed by atoms with E-state index < -0.39 is 0 Å².